The van der Waals surface area contributed by atoms with E-state index < -0.39 is 66.9 Å². The number of aliphatic carboxylic acids is 2. The Morgan fingerprint density at radius 2 is 1.58 bits per heavy atom. The summed E-state index contributed by atoms with van der Waals surface area (Å²) in [6.45, 7) is 0.760. The molecule has 1 aromatic rings. The van der Waals surface area contributed by atoms with Crippen molar-refractivity contribution in [2.45, 2.75) is 44.0 Å². The summed E-state index contributed by atoms with van der Waals surface area (Å²) in [6.07, 6.45) is -2.00. The molecule has 0 bridgehead atoms. The Hall–Kier alpha value is -3.51. The van der Waals surface area contributed by atoms with Crippen LogP contribution in [-0.4, -0.2) is 75.8 Å². The van der Waals surface area contributed by atoms with Crippen molar-refractivity contribution in [1.29, 1.82) is 0 Å². The monoisotopic (exact) mass is 438 g/mol. The van der Waals surface area contributed by atoms with Gasteiger partial charge in [0.05, 0.1) is 19.1 Å². The number of hydrogen-bond acceptors (Lipinski definition) is 7. The second kappa shape index (κ2) is 12.2. The number of carbonyl (C=O) groups is 5. The number of aliphatic hydroxyl groups is 1. The zero-order chi connectivity index (χ0) is 23.6. The average molecular weight is 438 g/mol. The molecule has 3 amide bonds. The van der Waals surface area contributed by atoms with Gasteiger partial charge in [0.1, 0.15) is 18.1 Å². The van der Waals surface area contributed by atoms with E-state index >= 15 is 0 Å². The molecule has 12 nitrogen and oxygen atoms in total. The van der Waals surface area contributed by atoms with Crippen molar-refractivity contribution in [1.82, 2.24) is 16.0 Å². The minimum absolute atomic E-state index is 0.0149. The van der Waals surface area contributed by atoms with Crippen LogP contribution in [0.25, 0.3) is 0 Å². The fourth-order valence-electron chi connectivity index (χ4n) is 2.46. The van der Waals surface area contributed by atoms with Crippen molar-refractivity contribution < 1.29 is 39.3 Å². The van der Waals surface area contributed by atoms with Gasteiger partial charge in [-0.1, -0.05) is 30.3 Å². The van der Waals surface area contributed by atoms with Crippen LogP contribution >= 0.6 is 0 Å². The molecule has 0 fully saturated rings. The molecule has 0 heterocycles. The molecule has 0 aliphatic heterocycles. The lowest BCUT2D eigenvalue weighted by Crippen LogP contribution is -2.55. The normalized spacial score (nSPS) is 14.4. The number of benzene rings is 1. The summed E-state index contributed by atoms with van der Waals surface area (Å²) in [7, 11) is 0. The number of carboxylic acids is 2. The first-order chi connectivity index (χ1) is 14.5. The van der Waals surface area contributed by atoms with Gasteiger partial charge in [0.2, 0.25) is 17.7 Å². The first kappa shape index (κ1) is 25.5. The summed E-state index contributed by atoms with van der Waals surface area (Å²) >= 11 is 0. The van der Waals surface area contributed by atoms with Gasteiger partial charge in [-0.2, -0.15) is 0 Å². The van der Waals surface area contributed by atoms with Gasteiger partial charge in [0.25, 0.3) is 0 Å². The molecule has 0 saturated heterocycles. The molecule has 0 radical (unpaired) electrons. The Kier molecular flexibility index (Phi) is 10.1. The number of carbonyl (C=O) groups excluding carboxylic acids is 3. The molecule has 0 saturated carbocycles. The number of carboxylic acid groups (broad SMARTS) is 2. The summed E-state index contributed by atoms with van der Waals surface area (Å²) in [5.74, 6) is -5.42. The van der Waals surface area contributed by atoms with Crippen molar-refractivity contribution >= 4 is 29.7 Å². The van der Waals surface area contributed by atoms with E-state index in [1.807, 2.05) is 0 Å². The molecule has 170 valence electrons. The summed E-state index contributed by atoms with van der Waals surface area (Å²) in [5.41, 5.74) is 6.11. The third kappa shape index (κ3) is 9.23. The molecular formula is C19H26N4O8. The average Bonchev–Trinajstić information content (AvgIpc) is 2.70. The standard InChI is InChI=1S/C19H26N4O8/c1-10(24)16(20)18(29)21-9-14(25)22-12(7-11-5-3-2-4-6-11)17(28)23-13(19(30)31)8-15(26)27/h2-6,10,12-13,16,24H,7-9,20H2,1H3,(H,21,29)(H,22,25)(H,23,28)(H,26,27)(H,30,31). The Balaban J connectivity index is 2.87. The molecular weight excluding hydrogens is 412 g/mol. The highest BCUT2D eigenvalue weighted by Crippen LogP contribution is 2.05. The molecule has 4 atom stereocenters. The van der Waals surface area contributed by atoms with E-state index in [1.54, 1.807) is 30.3 Å². The van der Waals surface area contributed by atoms with E-state index in [1.165, 1.54) is 6.92 Å². The maximum Gasteiger partial charge on any atom is 0.326 e. The minimum atomic E-state index is -1.69. The lowest BCUT2D eigenvalue weighted by molar-refractivity contribution is -0.147. The number of aliphatic hydroxyl groups excluding tert-OH is 1. The first-order valence-electron chi connectivity index (χ1n) is 9.30. The van der Waals surface area contributed by atoms with E-state index in [4.69, 9.17) is 15.9 Å². The number of nitrogens with two attached hydrogens (primary N) is 1. The highest BCUT2D eigenvalue weighted by atomic mass is 16.4. The Bertz CT molecular complexity index is 799. The molecule has 4 unspecified atom stereocenters. The number of nitrogens with one attached hydrogen (secondary N) is 3. The fraction of sp³-hybridized carbons (Fsp3) is 0.421. The van der Waals surface area contributed by atoms with Gasteiger partial charge >= 0.3 is 11.9 Å². The number of rotatable bonds is 12. The van der Waals surface area contributed by atoms with E-state index in [-0.39, 0.29) is 6.42 Å². The molecule has 0 aliphatic rings. The largest absolute Gasteiger partial charge is 0.481 e. The van der Waals surface area contributed by atoms with Gasteiger partial charge in [-0.15, -0.1) is 0 Å². The molecule has 8 N–H and O–H groups in total. The van der Waals surface area contributed by atoms with Gasteiger partial charge in [0, 0.05) is 6.42 Å². The topological polar surface area (TPSA) is 208 Å². The zero-order valence-corrected chi connectivity index (χ0v) is 16.8. The maximum atomic E-state index is 12.6. The van der Waals surface area contributed by atoms with Crippen molar-refractivity contribution in [2.24, 2.45) is 5.73 Å². The molecule has 0 spiro atoms. The van der Waals surface area contributed by atoms with E-state index in [9.17, 15) is 29.1 Å². The third-order valence-corrected chi connectivity index (χ3v) is 4.17. The highest BCUT2D eigenvalue weighted by molar-refractivity contribution is 5.93. The number of amides is 3. The van der Waals surface area contributed by atoms with Crippen LogP contribution in [0.2, 0.25) is 0 Å². The second-order valence-corrected chi connectivity index (χ2v) is 6.79. The summed E-state index contributed by atoms with van der Waals surface area (Å²) in [4.78, 5) is 58.6. The summed E-state index contributed by atoms with van der Waals surface area (Å²) < 4.78 is 0. The third-order valence-electron chi connectivity index (χ3n) is 4.17. The van der Waals surface area contributed by atoms with E-state index in [0.717, 1.165) is 0 Å². The Labute approximate surface area is 177 Å². The molecule has 1 aromatic carbocycles. The van der Waals surface area contributed by atoms with Crippen LogP contribution in [0.3, 0.4) is 0 Å². The van der Waals surface area contributed by atoms with Gasteiger partial charge in [-0.25, -0.2) is 4.79 Å². The highest BCUT2D eigenvalue weighted by Gasteiger charge is 2.28. The van der Waals surface area contributed by atoms with Gasteiger partial charge < -0.3 is 37.0 Å². The van der Waals surface area contributed by atoms with Crippen molar-refractivity contribution in [2.75, 3.05) is 6.54 Å². The van der Waals surface area contributed by atoms with Gasteiger partial charge in [0.15, 0.2) is 0 Å². The molecule has 31 heavy (non-hydrogen) atoms. The van der Waals surface area contributed by atoms with Crippen molar-refractivity contribution in [3.8, 4) is 0 Å². The van der Waals surface area contributed by atoms with Crippen LogP contribution in [0.15, 0.2) is 30.3 Å². The summed E-state index contributed by atoms with van der Waals surface area (Å²) in [6, 6.07) is 4.33. The predicted octanol–water partition coefficient (Wildman–Crippen LogP) is -2.42. The Morgan fingerprint density at radius 1 is 0.968 bits per heavy atom. The van der Waals surface area contributed by atoms with Crippen LogP contribution in [0.1, 0.15) is 18.9 Å². The van der Waals surface area contributed by atoms with Crippen LogP contribution in [0, 0.1) is 0 Å². The molecule has 1 rings (SSSR count). The minimum Gasteiger partial charge on any atom is -0.481 e. The first-order valence-corrected chi connectivity index (χ1v) is 9.30. The quantitative estimate of drug-likeness (QED) is 0.185. The lowest BCUT2D eigenvalue weighted by atomic mass is 10.0. The predicted molar refractivity (Wildman–Crippen MR) is 107 cm³/mol. The zero-order valence-electron chi connectivity index (χ0n) is 16.8. The molecule has 0 aromatic heterocycles. The second-order valence-electron chi connectivity index (χ2n) is 6.79. The smallest absolute Gasteiger partial charge is 0.326 e. The summed E-state index contributed by atoms with van der Waals surface area (Å²) in [5, 5.41) is 33.9. The van der Waals surface area contributed by atoms with Crippen LogP contribution in [0.5, 0.6) is 0 Å². The van der Waals surface area contributed by atoms with Crippen LogP contribution in [0.4, 0.5) is 0 Å². The van der Waals surface area contributed by atoms with Gasteiger partial charge in [-0.3, -0.25) is 19.2 Å². The van der Waals surface area contributed by atoms with Crippen LogP contribution < -0.4 is 21.7 Å². The van der Waals surface area contributed by atoms with E-state index in [2.05, 4.69) is 16.0 Å². The SMILES string of the molecule is CC(O)C(N)C(=O)NCC(=O)NC(Cc1ccccc1)C(=O)NC(CC(=O)O)C(=O)O. The van der Waals surface area contributed by atoms with Crippen molar-refractivity contribution in [3.63, 3.8) is 0 Å². The maximum absolute atomic E-state index is 12.6. The van der Waals surface area contributed by atoms with Gasteiger partial charge in [-0.05, 0) is 12.5 Å². The Morgan fingerprint density at radius 3 is 2.10 bits per heavy atom. The lowest BCUT2D eigenvalue weighted by Gasteiger charge is -2.21. The molecule has 0 aliphatic carbocycles. The fourth-order valence-corrected chi connectivity index (χ4v) is 2.46. The van der Waals surface area contributed by atoms with E-state index in [0.29, 0.717) is 5.56 Å². The van der Waals surface area contributed by atoms with Crippen molar-refractivity contribution in [3.05, 3.63) is 35.9 Å². The van der Waals surface area contributed by atoms with Crippen LogP contribution in [-0.2, 0) is 30.4 Å². The number of hydrogen-bond donors (Lipinski definition) is 7. The molecule has 12 heteroatoms.